The summed E-state index contributed by atoms with van der Waals surface area (Å²) in [6.07, 6.45) is 0. The van der Waals surface area contributed by atoms with Crippen molar-refractivity contribution < 1.29 is 4.42 Å². The highest BCUT2D eigenvalue weighted by Gasteiger charge is 2.21. The van der Waals surface area contributed by atoms with Crippen molar-refractivity contribution in [3.8, 4) is 62.0 Å². The molecule has 0 N–H and O–H groups in total. The summed E-state index contributed by atoms with van der Waals surface area (Å²) < 4.78 is 8.94. The van der Waals surface area contributed by atoms with Crippen LogP contribution in [0.1, 0.15) is 0 Å². The molecule has 8 aromatic carbocycles. The SMILES string of the molecule is c1ccc(-c2nc(-c3ccc(-c4cccc5nc(-c6ccccc6)c6oc7ccccc7c6c45)cc3)cc(-c3cccc(-n4c5ccccc5c5ccccc54)c3)n2)cc1. The summed E-state index contributed by atoms with van der Waals surface area (Å²) in [6, 6.07) is 71.9. The normalized spacial score (nSPS) is 11.7. The molecule has 0 aliphatic heterocycles. The summed E-state index contributed by atoms with van der Waals surface area (Å²) in [7, 11) is 0. The van der Waals surface area contributed by atoms with Crippen molar-refractivity contribution in [3.05, 3.63) is 206 Å². The zero-order chi connectivity index (χ0) is 39.6. The lowest BCUT2D eigenvalue weighted by molar-refractivity contribution is 0.669. The molecular formula is C55H34N4O. The third-order valence-corrected chi connectivity index (χ3v) is 11.6. The second kappa shape index (κ2) is 13.8. The minimum Gasteiger partial charge on any atom is -0.454 e. The molecule has 0 saturated carbocycles. The second-order valence-corrected chi connectivity index (χ2v) is 15.2. The molecule has 0 atom stereocenters. The number of rotatable bonds is 6. The van der Waals surface area contributed by atoms with Gasteiger partial charge in [0.1, 0.15) is 11.3 Å². The third-order valence-electron chi connectivity index (χ3n) is 11.6. The second-order valence-electron chi connectivity index (χ2n) is 15.2. The Morgan fingerprint density at radius 2 is 0.967 bits per heavy atom. The largest absolute Gasteiger partial charge is 0.454 e. The van der Waals surface area contributed by atoms with Gasteiger partial charge in [-0.15, -0.1) is 0 Å². The maximum atomic E-state index is 6.60. The van der Waals surface area contributed by atoms with Gasteiger partial charge in [-0.05, 0) is 53.6 Å². The number of pyridine rings is 1. The van der Waals surface area contributed by atoms with E-state index in [0.717, 1.165) is 89.0 Å². The van der Waals surface area contributed by atoms with Gasteiger partial charge < -0.3 is 8.98 Å². The number of fused-ring (bicyclic) bond motifs is 8. The lowest BCUT2D eigenvalue weighted by atomic mass is 9.94. The van der Waals surface area contributed by atoms with Crippen molar-refractivity contribution in [3.63, 3.8) is 0 Å². The fourth-order valence-corrected chi connectivity index (χ4v) is 8.84. The molecule has 4 aromatic heterocycles. The van der Waals surface area contributed by atoms with E-state index in [-0.39, 0.29) is 0 Å². The van der Waals surface area contributed by atoms with Crippen LogP contribution in [0.25, 0.3) is 117 Å². The Kier molecular flexibility index (Phi) is 7.78. The van der Waals surface area contributed by atoms with Gasteiger partial charge in [-0.3, -0.25) is 0 Å². The molecule has 0 aliphatic rings. The van der Waals surface area contributed by atoms with E-state index in [1.165, 1.54) is 21.8 Å². The van der Waals surface area contributed by atoms with Crippen molar-refractivity contribution in [1.82, 2.24) is 19.5 Å². The maximum Gasteiger partial charge on any atom is 0.162 e. The van der Waals surface area contributed by atoms with Crippen LogP contribution in [-0.4, -0.2) is 19.5 Å². The molecule has 4 heterocycles. The molecule has 0 aliphatic carbocycles. The van der Waals surface area contributed by atoms with E-state index < -0.39 is 0 Å². The van der Waals surface area contributed by atoms with Gasteiger partial charge in [0.15, 0.2) is 11.4 Å². The van der Waals surface area contributed by atoms with E-state index in [9.17, 15) is 0 Å². The number of aromatic nitrogens is 4. The molecule has 12 rings (SSSR count). The Labute approximate surface area is 345 Å². The van der Waals surface area contributed by atoms with Gasteiger partial charge in [0.25, 0.3) is 0 Å². The van der Waals surface area contributed by atoms with Gasteiger partial charge >= 0.3 is 0 Å². The van der Waals surface area contributed by atoms with Gasteiger partial charge in [-0.25, -0.2) is 15.0 Å². The summed E-state index contributed by atoms with van der Waals surface area (Å²) in [4.78, 5) is 15.6. The molecule has 60 heavy (non-hydrogen) atoms. The molecule has 0 saturated heterocycles. The molecule has 12 aromatic rings. The Balaban J connectivity index is 0.995. The first-order valence-electron chi connectivity index (χ1n) is 20.2. The molecule has 0 amide bonds. The maximum absolute atomic E-state index is 6.60. The van der Waals surface area contributed by atoms with Crippen molar-refractivity contribution in [1.29, 1.82) is 0 Å². The number of nitrogens with zero attached hydrogens (tertiary/aromatic N) is 4. The van der Waals surface area contributed by atoms with Crippen molar-refractivity contribution in [2.24, 2.45) is 0 Å². The zero-order valence-electron chi connectivity index (χ0n) is 32.3. The van der Waals surface area contributed by atoms with Crippen molar-refractivity contribution >= 4 is 54.6 Å². The average molecular weight is 767 g/mol. The summed E-state index contributed by atoms with van der Waals surface area (Å²) in [5.41, 5.74) is 14.7. The van der Waals surface area contributed by atoms with Gasteiger partial charge in [0.05, 0.1) is 27.9 Å². The van der Waals surface area contributed by atoms with Crippen molar-refractivity contribution in [2.75, 3.05) is 0 Å². The average Bonchev–Trinajstić information content (AvgIpc) is 3.88. The topological polar surface area (TPSA) is 56.7 Å². The zero-order valence-corrected chi connectivity index (χ0v) is 32.3. The predicted octanol–water partition coefficient (Wildman–Crippen LogP) is 14.4. The van der Waals surface area contributed by atoms with Crippen LogP contribution in [0.4, 0.5) is 0 Å². The first-order chi connectivity index (χ1) is 29.7. The molecule has 0 spiro atoms. The predicted molar refractivity (Wildman–Crippen MR) is 246 cm³/mol. The van der Waals surface area contributed by atoms with E-state index in [0.29, 0.717) is 5.82 Å². The van der Waals surface area contributed by atoms with Crippen LogP contribution in [0.15, 0.2) is 211 Å². The lowest BCUT2D eigenvalue weighted by Gasteiger charge is -2.13. The summed E-state index contributed by atoms with van der Waals surface area (Å²) in [5, 5.41) is 5.69. The molecular weight excluding hydrogens is 733 g/mol. The first kappa shape index (κ1) is 33.9. The van der Waals surface area contributed by atoms with Gasteiger partial charge in [-0.2, -0.15) is 0 Å². The van der Waals surface area contributed by atoms with E-state index in [1.54, 1.807) is 0 Å². The number of para-hydroxylation sites is 3. The molecule has 5 nitrogen and oxygen atoms in total. The number of benzene rings is 8. The highest BCUT2D eigenvalue weighted by atomic mass is 16.3. The minimum atomic E-state index is 0.679. The lowest BCUT2D eigenvalue weighted by Crippen LogP contribution is -1.98. The van der Waals surface area contributed by atoms with Crippen LogP contribution in [0, 0.1) is 0 Å². The smallest absolute Gasteiger partial charge is 0.162 e. The third kappa shape index (κ3) is 5.52. The van der Waals surface area contributed by atoms with Crippen LogP contribution in [0.3, 0.4) is 0 Å². The quantitative estimate of drug-likeness (QED) is 0.169. The molecule has 5 heteroatoms. The van der Waals surface area contributed by atoms with Gasteiger partial charge in [0.2, 0.25) is 0 Å². The van der Waals surface area contributed by atoms with Crippen LogP contribution < -0.4 is 0 Å². The summed E-state index contributed by atoms with van der Waals surface area (Å²) in [5.74, 6) is 0.679. The highest BCUT2D eigenvalue weighted by molar-refractivity contribution is 6.24. The van der Waals surface area contributed by atoms with E-state index in [4.69, 9.17) is 19.4 Å². The fraction of sp³-hybridized carbons (Fsp3) is 0. The van der Waals surface area contributed by atoms with E-state index in [2.05, 4.69) is 162 Å². The summed E-state index contributed by atoms with van der Waals surface area (Å²) >= 11 is 0. The Morgan fingerprint density at radius 3 is 1.70 bits per heavy atom. The van der Waals surface area contributed by atoms with Gasteiger partial charge in [0, 0.05) is 54.9 Å². The van der Waals surface area contributed by atoms with Crippen LogP contribution in [-0.2, 0) is 0 Å². The molecule has 0 unspecified atom stereocenters. The van der Waals surface area contributed by atoms with Crippen LogP contribution >= 0.6 is 0 Å². The minimum absolute atomic E-state index is 0.679. The summed E-state index contributed by atoms with van der Waals surface area (Å²) in [6.45, 7) is 0. The molecule has 0 radical (unpaired) electrons. The molecule has 0 fully saturated rings. The molecule has 0 bridgehead atoms. The fourth-order valence-electron chi connectivity index (χ4n) is 8.84. The van der Waals surface area contributed by atoms with Crippen LogP contribution in [0.2, 0.25) is 0 Å². The number of hydrogen-bond donors (Lipinski definition) is 0. The number of hydrogen-bond acceptors (Lipinski definition) is 4. The van der Waals surface area contributed by atoms with E-state index in [1.807, 2.05) is 48.5 Å². The first-order valence-corrected chi connectivity index (χ1v) is 20.2. The Morgan fingerprint density at radius 1 is 0.383 bits per heavy atom. The number of furan rings is 1. The Bertz CT molecular complexity index is 3530. The standard InChI is InChI=1S/C55H34N4O/c1-3-15-37(16-4-1)53-54-52(44-23-9-12-28-50(44)60-54)51-41(24-14-25-45(51)56-53)35-29-31-36(32-30-35)46-34-47(58-55(57-46)38-17-5-2-6-18-38)39-19-13-20-40(33-39)59-48-26-10-7-21-42(48)43-22-8-11-27-49(43)59/h1-34H. The Hall–Kier alpha value is -8.15. The monoisotopic (exact) mass is 766 g/mol. The van der Waals surface area contributed by atoms with E-state index >= 15 is 0 Å². The molecule has 280 valence electrons. The van der Waals surface area contributed by atoms with Gasteiger partial charge in [-0.1, -0.05) is 164 Å². The van der Waals surface area contributed by atoms with Crippen molar-refractivity contribution in [2.45, 2.75) is 0 Å². The van der Waals surface area contributed by atoms with Crippen LogP contribution in [0.5, 0.6) is 0 Å². The highest BCUT2D eigenvalue weighted by Crippen LogP contribution is 2.43.